The largest absolute Gasteiger partial charge is 0.312 e. The van der Waals surface area contributed by atoms with Crippen LogP contribution in [0.25, 0.3) is 0 Å². The fraction of sp³-hybridized carbons (Fsp3) is 0.846. The van der Waals surface area contributed by atoms with E-state index in [9.17, 15) is 0 Å². The lowest BCUT2D eigenvalue weighted by atomic mass is 10.1. The van der Waals surface area contributed by atoms with Crippen LogP contribution in [-0.2, 0) is 0 Å². The lowest BCUT2D eigenvalue weighted by molar-refractivity contribution is 0.222. The molecule has 0 aromatic heterocycles. The van der Waals surface area contributed by atoms with E-state index in [0.29, 0.717) is 12.1 Å². The number of rotatable bonds is 6. The monoisotopic (exact) mass is 225 g/mol. The molecule has 3 atom stereocenters. The van der Waals surface area contributed by atoms with Crippen LogP contribution in [-0.4, -0.2) is 62.2 Å². The molecular weight excluding hydrogens is 198 g/mol. The van der Waals surface area contributed by atoms with Gasteiger partial charge in [-0.15, -0.1) is 6.58 Å². The average molecular weight is 225 g/mol. The lowest BCUT2D eigenvalue weighted by Crippen LogP contribution is -2.41. The Labute approximate surface area is 100 Å². The Balaban J connectivity index is 2.35. The fourth-order valence-electron chi connectivity index (χ4n) is 2.54. The minimum absolute atomic E-state index is 0.618. The maximum absolute atomic E-state index is 3.72. The maximum Gasteiger partial charge on any atom is 0.0254 e. The van der Waals surface area contributed by atoms with Crippen molar-refractivity contribution < 1.29 is 0 Å². The normalized spacial score (nSPS) is 28.6. The summed E-state index contributed by atoms with van der Waals surface area (Å²) >= 11 is 0. The molecule has 1 fully saturated rings. The number of likely N-dealkylation sites (N-methyl/N-ethyl adjacent to an activating group) is 1. The number of likely N-dealkylation sites (tertiary alicyclic amines) is 1. The van der Waals surface area contributed by atoms with E-state index in [1.807, 2.05) is 6.08 Å². The van der Waals surface area contributed by atoms with E-state index in [-0.39, 0.29) is 0 Å². The Hall–Kier alpha value is -0.380. The summed E-state index contributed by atoms with van der Waals surface area (Å²) in [4.78, 5) is 4.94. The molecule has 1 aliphatic heterocycles. The maximum atomic E-state index is 3.72. The number of hydrogen-bond acceptors (Lipinski definition) is 3. The first-order chi connectivity index (χ1) is 7.56. The smallest absolute Gasteiger partial charge is 0.0254 e. The van der Waals surface area contributed by atoms with Crippen LogP contribution >= 0.6 is 0 Å². The molecule has 0 amide bonds. The molecule has 1 saturated heterocycles. The van der Waals surface area contributed by atoms with Gasteiger partial charge in [0.05, 0.1) is 0 Å². The molecule has 1 N–H and O–H groups in total. The molecule has 0 aromatic carbocycles. The molecule has 0 aliphatic carbocycles. The third-order valence-electron chi connectivity index (χ3n) is 3.62. The highest BCUT2D eigenvalue weighted by atomic mass is 15.3. The number of nitrogens with zero attached hydrogens (tertiary/aromatic N) is 2. The van der Waals surface area contributed by atoms with Crippen LogP contribution < -0.4 is 5.32 Å². The van der Waals surface area contributed by atoms with Crippen molar-refractivity contribution in [1.82, 2.24) is 15.1 Å². The summed E-state index contributed by atoms with van der Waals surface area (Å²) < 4.78 is 0. The van der Waals surface area contributed by atoms with Crippen LogP contribution in [0.3, 0.4) is 0 Å². The van der Waals surface area contributed by atoms with E-state index in [1.54, 1.807) is 0 Å². The molecule has 1 aliphatic rings. The van der Waals surface area contributed by atoms with Crippen LogP contribution in [0, 0.1) is 5.92 Å². The summed E-state index contributed by atoms with van der Waals surface area (Å²) in [7, 11) is 4.37. The average Bonchev–Trinajstić information content (AvgIpc) is 2.60. The van der Waals surface area contributed by atoms with Gasteiger partial charge in [0.1, 0.15) is 0 Å². The van der Waals surface area contributed by atoms with Crippen LogP contribution in [0.4, 0.5) is 0 Å². The van der Waals surface area contributed by atoms with Gasteiger partial charge in [0.25, 0.3) is 0 Å². The Kier molecular flexibility index (Phi) is 5.46. The van der Waals surface area contributed by atoms with Gasteiger partial charge in [0.2, 0.25) is 0 Å². The second-order valence-corrected chi connectivity index (χ2v) is 5.26. The summed E-state index contributed by atoms with van der Waals surface area (Å²) in [5.74, 6) is 0.775. The molecule has 0 bridgehead atoms. The van der Waals surface area contributed by atoms with Crippen molar-refractivity contribution in [1.29, 1.82) is 0 Å². The van der Waals surface area contributed by atoms with Crippen LogP contribution in [0.5, 0.6) is 0 Å². The van der Waals surface area contributed by atoms with Crippen molar-refractivity contribution in [2.45, 2.75) is 25.9 Å². The van der Waals surface area contributed by atoms with Crippen LogP contribution in [0.1, 0.15) is 13.8 Å². The van der Waals surface area contributed by atoms with Gasteiger partial charge in [-0.3, -0.25) is 4.90 Å². The Morgan fingerprint density at radius 3 is 2.69 bits per heavy atom. The zero-order valence-corrected chi connectivity index (χ0v) is 11.2. The highest BCUT2D eigenvalue weighted by molar-refractivity contribution is 4.89. The van der Waals surface area contributed by atoms with Gasteiger partial charge in [0, 0.05) is 38.3 Å². The van der Waals surface area contributed by atoms with E-state index in [4.69, 9.17) is 0 Å². The molecule has 16 heavy (non-hydrogen) atoms. The van der Waals surface area contributed by atoms with Gasteiger partial charge in [-0.1, -0.05) is 13.0 Å². The minimum atomic E-state index is 0.618. The first-order valence-corrected chi connectivity index (χ1v) is 6.28. The van der Waals surface area contributed by atoms with Gasteiger partial charge in [-0.05, 0) is 26.9 Å². The van der Waals surface area contributed by atoms with Crippen molar-refractivity contribution in [3.63, 3.8) is 0 Å². The molecular formula is C13H27N3. The predicted molar refractivity (Wildman–Crippen MR) is 70.7 cm³/mol. The Bertz CT molecular complexity index is 215. The third-order valence-corrected chi connectivity index (χ3v) is 3.62. The van der Waals surface area contributed by atoms with Gasteiger partial charge < -0.3 is 10.2 Å². The van der Waals surface area contributed by atoms with E-state index < -0.39 is 0 Å². The van der Waals surface area contributed by atoms with Gasteiger partial charge in [-0.25, -0.2) is 0 Å². The fourth-order valence-corrected chi connectivity index (χ4v) is 2.54. The molecule has 0 radical (unpaired) electrons. The highest BCUT2D eigenvalue weighted by Gasteiger charge is 2.32. The second kappa shape index (κ2) is 6.38. The van der Waals surface area contributed by atoms with Gasteiger partial charge in [-0.2, -0.15) is 0 Å². The van der Waals surface area contributed by atoms with Crippen molar-refractivity contribution in [3.05, 3.63) is 12.7 Å². The standard InChI is InChI=1S/C13H27N3/c1-6-7-14-8-12(3)16-9-11(2)13(10-16)15(4)5/h6,11-14H,1,7-10H2,2-5H3. The predicted octanol–water partition coefficient (Wildman–Crippen LogP) is 1.03. The van der Waals surface area contributed by atoms with Gasteiger partial charge >= 0.3 is 0 Å². The molecule has 3 heteroatoms. The summed E-state index contributed by atoms with van der Waals surface area (Å²) in [5, 5.41) is 3.40. The Morgan fingerprint density at radius 1 is 1.50 bits per heavy atom. The summed E-state index contributed by atoms with van der Waals surface area (Å²) in [6, 6.07) is 1.33. The molecule has 3 unspecified atom stereocenters. The first-order valence-electron chi connectivity index (χ1n) is 6.28. The second-order valence-electron chi connectivity index (χ2n) is 5.26. The molecule has 0 spiro atoms. The summed E-state index contributed by atoms with van der Waals surface area (Å²) in [6.45, 7) is 12.8. The van der Waals surface area contributed by atoms with Crippen molar-refractivity contribution in [2.24, 2.45) is 5.92 Å². The van der Waals surface area contributed by atoms with E-state index >= 15 is 0 Å². The van der Waals surface area contributed by atoms with Crippen molar-refractivity contribution in [3.8, 4) is 0 Å². The van der Waals surface area contributed by atoms with Crippen molar-refractivity contribution in [2.75, 3.05) is 40.3 Å². The van der Waals surface area contributed by atoms with Crippen LogP contribution in [0.15, 0.2) is 12.7 Å². The first kappa shape index (κ1) is 13.7. The molecule has 0 saturated carbocycles. The summed E-state index contributed by atoms with van der Waals surface area (Å²) in [6.07, 6.45) is 1.92. The van der Waals surface area contributed by atoms with E-state index in [1.165, 1.54) is 13.1 Å². The SMILES string of the molecule is C=CCNCC(C)N1CC(C)C(N(C)C)C1. The molecule has 1 heterocycles. The molecule has 94 valence electrons. The molecule has 3 nitrogen and oxygen atoms in total. The zero-order chi connectivity index (χ0) is 12.1. The van der Waals surface area contributed by atoms with Gasteiger partial charge in [0.15, 0.2) is 0 Å². The lowest BCUT2D eigenvalue weighted by Gasteiger charge is -2.26. The third kappa shape index (κ3) is 3.58. The van der Waals surface area contributed by atoms with Crippen molar-refractivity contribution >= 4 is 0 Å². The number of nitrogens with one attached hydrogen (secondary N) is 1. The molecule has 0 aromatic rings. The number of hydrogen-bond donors (Lipinski definition) is 1. The zero-order valence-electron chi connectivity index (χ0n) is 11.2. The minimum Gasteiger partial charge on any atom is -0.312 e. The van der Waals surface area contributed by atoms with E-state index in [2.05, 4.69) is 49.6 Å². The quantitative estimate of drug-likeness (QED) is 0.538. The van der Waals surface area contributed by atoms with E-state index in [0.717, 1.165) is 19.0 Å². The Morgan fingerprint density at radius 2 is 2.19 bits per heavy atom. The molecule has 1 rings (SSSR count). The van der Waals surface area contributed by atoms with Crippen LogP contribution in [0.2, 0.25) is 0 Å². The highest BCUT2D eigenvalue weighted by Crippen LogP contribution is 2.21. The topological polar surface area (TPSA) is 18.5 Å². The summed E-state index contributed by atoms with van der Waals surface area (Å²) in [5.41, 5.74) is 0.